The number of rotatable bonds is 4. The van der Waals surface area contributed by atoms with E-state index in [9.17, 15) is 4.79 Å². The van der Waals surface area contributed by atoms with E-state index >= 15 is 0 Å². The summed E-state index contributed by atoms with van der Waals surface area (Å²) in [4.78, 5) is 20.6. The van der Waals surface area contributed by atoms with Crippen molar-refractivity contribution < 1.29 is 9.90 Å². The number of hydrogen-bond acceptors (Lipinski definition) is 4. The molecular formula is C10H13N3O2. The predicted octanol–water partition coefficient (Wildman–Crippen LogP) is 1.11. The van der Waals surface area contributed by atoms with Crippen LogP contribution in [0.2, 0.25) is 0 Å². The van der Waals surface area contributed by atoms with Crippen LogP contribution in [0.5, 0.6) is 0 Å². The molecule has 0 atom stereocenters. The van der Waals surface area contributed by atoms with Gasteiger partial charge in [-0.15, -0.1) is 6.58 Å². The van der Waals surface area contributed by atoms with Crippen molar-refractivity contribution in [3.05, 3.63) is 30.1 Å². The molecule has 0 radical (unpaired) electrons. The molecule has 0 aromatic carbocycles. The standard InChI is InChI=1S/C10H13N3O2/c1-4-5-13(3)10-11-6-8(9(14)15)7(2)12-10/h4,6H,1,5H2,2-3H3,(H,14,15). The fourth-order valence-corrected chi connectivity index (χ4v) is 1.12. The quantitative estimate of drug-likeness (QED) is 0.749. The topological polar surface area (TPSA) is 66.3 Å². The summed E-state index contributed by atoms with van der Waals surface area (Å²) in [6.45, 7) is 5.87. The van der Waals surface area contributed by atoms with E-state index in [0.29, 0.717) is 18.2 Å². The third-order valence-electron chi connectivity index (χ3n) is 1.94. The third kappa shape index (κ3) is 2.52. The van der Waals surface area contributed by atoms with Gasteiger partial charge in [0.2, 0.25) is 5.95 Å². The van der Waals surface area contributed by atoms with Crippen molar-refractivity contribution in [1.82, 2.24) is 9.97 Å². The number of carboxylic acid groups (broad SMARTS) is 1. The minimum atomic E-state index is -1.01. The van der Waals surface area contributed by atoms with Crippen LogP contribution in [0.4, 0.5) is 5.95 Å². The molecule has 1 N–H and O–H groups in total. The Morgan fingerprint density at radius 2 is 2.40 bits per heavy atom. The molecule has 80 valence electrons. The summed E-state index contributed by atoms with van der Waals surface area (Å²) >= 11 is 0. The maximum Gasteiger partial charge on any atom is 0.339 e. The van der Waals surface area contributed by atoms with Crippen molar-refractivity contribution in [2.45, 2.75) is 6.92 Å². The predicted molar refractivity (Wildman–Crippen MR) is 57.2 cm³/mol. The molecule has 0 aliphatic heterocycles. The van der Waals surface area contributed by atoms with Gasteiger partial charge in [0.1, 0.15) is 0 Å². The number of hydrogen-bond donors (Lipinski definition) is 1. The molecule has 0 aliphatic rings. The lowest BCUT2D eigenvalue weighted by Gasteiger charge is -2.14. The third-order valence-corrected chi connectivity index (χ3v) is 1.94. The van der Waals surface area contributed by atoms with Crippen molar-refractivity contribution in [3.63, 3.8) is 0 Å². The molecular weight excluding hydrogens is 194 g/mol. The van der Waals surface area contributed by atoms with E-state index in [2.05, 4.69) is 16.5 Å². The number of carbonyl (C=O) groups is 1. The normalized spacial score (nSPS) is 9.73. The second-order valence-electron chi connectivity index (χ2n) is 3.14. The number of likely N-dealkylation sites (N-methyl/N-ethyl adjacent to an activating group) is 1. The van der Waals surface area contributed by atoms with Crippen LogP contribution in [0.1, 0.15) is 16.1 Å². The van der Waals surface area contributed by atoms with Crippen LogP contribution in [-0.4, -0.2) is 34.6 Å². The molecule has 1 rings (SSSR count). The minimum Gasteiger partial charge on any atom is -0.478 e. The van der Waals surface area contributed by atoms with E-state index in [1.54, 1.807) is 17.9 Å². The van der Waals surface area contributed by atoms with Crippen LogP contribution < -0.4 is 4.90 Å². The first-order chi connectivity index (χ1) is 7.06. The fourth-order valence-electron chi connectivity index (χ4n) is 1.12. The molecule has 0 aliphatic carbocycles. The van der Waals surface area contributed by atoms with Crippen molar-refractivity contribution in [3.8, 4) is 0 Å². The van der Waals surface area contributed by atoms with Gasteiger partial charge in [-0.2, -0.15) is 0 Å². The highest BCUT2D eigenvalue weighted by atomic mass is 16.4. The van der Waals surface area contributed by atoms with E-state index in [1.165, 1.54) is 6.20 Å². The monoisotopic (exact) mass is 207 g/mol. The molecule has 0 saturated heterocycles. The number of anilines is 1. The first-order valence-corrected chi connectivity index (χ1v) is 4.45. The van der Waals surface area contributed by atoms with Crippen LogP contribution in [0, 0.1) is 6.92 Å². The Balaban J connectivity index is 3.00. The van der Waals surface area contributed by atoms with Gasteiger partial charge in [0.05, 0.1) is 11.3 Å². The van der Waals surface area contributed by atoms with E-state index in [0.717, 1.165) is 0 Å². The fraction of sp³-hybridized carbons (Fsp3) is 0.300. The van der Waals surface area contributed by atoms with Crippen molar-refractivity contribution >= 4 is 11.9 Å². The van der Waals surface area contributed by atoms with Gasteiger partial charge in [-0.25, -0.2) is 14.8 Å². The van der Waals surface area contributed by atoms with Crippen LogP contribution in [0.25, 0.3) is 0 Å². The molecule has 0 spiro atoms. The second kappa shape index (κ2) is 4.54. The van der Waals surface area contributed by atoms with Gasteiger partial charge in [-0.05, 0) is 6.92 Å². The van der Waals surface area contributed by atoms with Crippen molar-refractivity contribution in [2.75, 3.05) is 18.5 Å². The van der Waals surface area contributed by atoms with Gasteiger partial charge in [-0.3, -0.25) is 0 Å². The lowest BCUT2D eigenvalue weighted by atomic mass is 10.2. The number of aryl methyl sites for hydroxylation is 1. The number of carboxylic acids is 1. The summed E-state index contributed by atoms with van der Waals surface area (Å²) in [6, 6.07) is 0. The lowest BCUT2D eigenvalue weighted by molar-refractivity contribution is 0.0695. The number of nitrogens with zero attached hydrogens (tertiary/aromatic N) is 3. The van der Waals surface area contributed by atoms with Gasteiger partial charge in [0.15, 0.2) is 0 Å². The highest BCUT2D eigenvalue weighted by Crippen LogP contribution is 2.09. The molecule has 1 aromatic heterocycles. The molecule has 15 heavy (non-hydrogen) atoms. The van der Waals surface area contributed by atoms with Crippen LogP contribution in [-0.2, 0) is 0 Å². The average molecular weight is 207 g/mol. The van der Waals surface area contributed by atoms with Crippen molar-refractivity contribution in [1.29, 1.82) is 0 Å². The highest BCUT2D eigenvalue weighted by molar-refractivity contribution is 5.88. The smallest absolute Gasteiger partial charge is 0.339 e. The van der Waals surface area contributed by atoms with E-state index in [1.807, 2.05) is 7.05 Å². The van der Waals surface area contributed by atoms with Crippen LogP contribution in [0.3, 0.4) is 0 Å². The lowest BCUT2D eigenvalue weighted by Crippen LogP contribution is -2.20. The Kier molecular flexibility index (Phi) is 3.38. The summed E-state index contributed by atoms with van der Waals surface area (Å²) in [7, 11) is 1.82. The number of aromatic carboxylic acids is 1. The zero-order valence-electron chi connectivity index (χ0n) is 8.77. The van der Waals surface area contributed by atoms with Gasteiger partial charge < -0.3 is 10.0 Å². The Bertz CT molecular complexity index is 390. The molecule has 0 amide bonds. The summed E-state index contributed by atoms with van der Waals surface area (Å²) in [5, 5.41) is 8.79. The molecule has 1 heterocycles. The molecule has 0 fully saturated rings. The van der Waals surface area contributed by atoms with E-state index in [4.69, 9.17) is 5.11 Å². The van der Waals surface area contributed by atoms with E-state index < -0.39 is 5.97 Å². The first kappa shape index (κ1) is 11.2. The Morgan fingerprint density at radius 1 is 1.73 bits per heavy atom. The second-order valence-corrected chi connectivity index (χ2v) is 3.14. The summed E-state index contributed by atoms with van der Waals surface area (Å²) in [5.74, 6) is -0.511. The van der Waals surface area contributed by atoms with Crippen LogP contribution in [0.15, 0.2) is 18.9 Å². The molecule has 1 aromatic rings. The van der Waals surface area contributed by atoms with Gasteiger partial charge in [0, 0.05) is 19.8 Å². The Labute approximate surface area is 88.1 Å². The molecule has 5 heteroatoms. The SMILES string of the molecule is C=CCN(C)c1ncc(C(=O)O)c(C)n1. The zero-order chi connectivity index (χ0) is 11.4. The van der Waals surface area contributed by atoms with Gasteiger partial charge in [-0.1, -0.05) is 6.08 Å². The maximum atomic E-state index is 10.7. The average Bonchev–Trinajstić information content (AvgIpc) is 2.17. The van der Waals surface area contributed by atoms with Crippen molar-refractivity contribution in [2.24, 2.45) is 0 Å². The van der Waals surface area contributed by atoms with E-state index in [-0.39, 0.29) is 5.56 Å². The maximum absolute atomic E-state index is 10.7. The van der Waals surface area contributed by atoms with Gasteiger partial charge >= 0.3 is 5.97 Å². The molecule has 0 bridgehead atoms. The molecule has 0 saturated carbocycles. The largest absolute Gasteiger partial charge is 0.478 e. The van der Waals surface area contributed by atoms with Crippen LogP contribution >= 0.6 is 0 Å². The summed E-state index contributed by atoms with van der Waals surface area (Å²) in [5.41, 5.74) is 0.592. The summed E-state index contributed by atoms with van der Waals surface area (Å²) < 4.78 is 0. The Hall–Kier alpha value is -1.91. The van der Waals surface area contributed by atoms with Gasteiger partial charge in [0.25, 0.3) is 0 Å². The summed E-state index contributed by atoms with van der Waals surface area (Å²) in [6.07, 6.45) is 3.05. The number of aromatic nitrogens is 2. The first-order valence-electron chi connectivity index (χ1n) is 4.45. The Morgan fingerprint density at radius 3 is 2.87 bits per heavy atom. The highest BCUT2D eigenvalue weighted by Gasteiger charge is 2.11. The molecule has 5 nitrogen and oxygen atoms in total. The molecule has 0 unspecified atom stereocenters. The minimum absolute atomic E-state index is 0.130. The zero-order valence-corrected chi connectivity index (χ0v) is 8.77.